The van der Waals surface area contributed by atoms with Gasteiger partial charge in [-0.15, -0.1) is 0 Å². The predicted octanol–water partition coefficient (Wildman–Crippen LogP) is 1.69. The minimum atomic E-state index is -2.37. The maximum absolute atomic E-state index is 14.3. The molecule has 0 radical (unpaired) electrons. The Kier molecular flexibility index (Phi) is 5.29. The number of piperazine rings is 1. The van der Waals surface area contributed by atoms with Gasteiger partial charge in [0.1, 0.15) is 6.04 Å². The van der Waals surface area contributed by atoms with Crippen molar-refractivity contribution in [2.75, 3.05) is 14.1 Å². The fourth-order valence-electron chi connectivity index (χ4n) is 4.28. The first kappa shape index (κ1) is 22.2. The molecule has 1 saturated heterocycles. The molecule has 1 aromatic heterocycles. The number of aliphatic hydroxyl groups is 1. The van der Waals surface area contributed by atoms with Crippen molar-refractivity contribution in [3.63, 3.8) is 0 Å². The van der Waals surface area contributed by atoms with Crippen LogP contribution in [0.5, 0.6) is 5.75 Å². The van der Waals surface area contributed by atoms with Crippen molar-refractivity contribution in [2.45, 2.75) is 24.6 Å². The Morgan fingerprint density at radius 2 is 1.88 bits per heavy atom. The van der Waals surface area contributed by atoms with Gasteiger partial charge in [-0.25, -0.2) is 4.39 Å². The molecule has 0 spiro atoms. The second kappa shape index (κ2) is 7.85. The van der Waals surface area contributed by atoms with Crippen LogP contribution in [0.25, 0.3) is 10.9 Å². The standard InChI is InChI=1S/C22H21FN4O6/c1-25-16(9-13-11-24-14-6-4-7-15(18(13)14)27(32)33)20(29)26(2)22(31,21(25)30)10-12-5-3-8-17(28)19(12)23/h3-8,11,16,24,28,31H,9-10H2,1-2H3/t16-,22+/m0/s1. The lowest BCUT2D eigenvalue weighted by Crippen LogP contribution is -2.71. The van der Waals surface area contributed by atoms with Crippen molar-refractivity contribution in [3.8, 4) is 5.75 Å². The summed E-state index contributed by atoms with van der Waals surface area (Å²) in [6, 6.07) is 7.30. The highest BCUT2D eigenvalue weighted by Crippen LogP contribution is 2.33. The normalized spacial score (nSPS) is 21.2. The number of fused-ring (bicyclic) bond motifs is 1. The molecule has 1 aliphatic rings. The van der Waals surface area contributed by atoms with Crippen molar-refractivity contribution in [2.24, 2.45) is 0 Å². The lowest BCUT2D eigenvalue weighted by atomic mass is 9.92. The highest BCUT2D eigenvalue weighted by atomic mass is 19.1. The van der Waals surface area contributed by atoms with Crippen LogP contribution in [0.3, 0.4) is 0 Å². The Bertz CT molecular complexity index is 1290. The Labute approximate surface area is 187 Å². The van der Waals surface area contributed by atoms with Gasteiger partial charge in [0.05, 0.1) is 15.8 Å². The van der Waals surface area contributed by atoms with E-state index in [0.29, 0.717) is 16.5 Å². The molecule has 2 aromatic carbocycles. The van der Waals surface area contributed by atoms with Crippen LogP contribution >= 0.6 is 0 Å². The lowest BCUT2D eigenvalue weighted by molar-refractivity contribution is -0.383. The maximum Gasteiger partial charge on any atom is 0.279 e. The molecule has 2 atom stereocenters. The van der Waals surface area contributed by atoms with Crippen LogP contribution in [0.2, 0.25) is 0 Å². The summed E-state index contributed by atoms with van der Waals surface area (Å²) in [6.45, 7) is 0. The number of halogens is 1. The van der Waals surface area contributed by atoms with Gasteiger partial charge in [-0.05, 0) is 23.3 Å². The van der Waals surface area contributed by atoms with Crippen molar-refractivity contribution < 1.29 is 29.1 Å². The first-order valence-electron chi connectivity index (χ1n) is 10.0. The number of carbonyl (C=O) groups excluding carboxylic acids is 2. The molecule has 10 nitrogen and oxygen atoms in total. The number of aromatic hydroxyl groups is 1. The van der Waals surface area contributed by atoms with Crippen LogP contribution in [-0.2, 0) is 22.4 Å². The van der Waals surface area contributed by atoms with E-state index in [1.807, 2.05) is 0 Å². The average molecular weight is 456 g/mol. The zero-order valence-corrected chi connectivity index (χ0v) is 17.8. The number of nitro benzene ring substituents is 1. The molecule has 3 aromatic rings. The van der Waals surface area contributed by atoms with Gasteiger partial charge in [-0.2, -0.15) is 0 Å². The monoisotopic (exact) mass is 456 g/mol. The highest BCUT2D eigenvalue weighted by molar-refractivity contribution is 5.99. The number of hydrogen-bond acceptors (Lipinski definition) is 6. The fourth-order valence-corrected chi connectivity index (χ4v) is 4.28. The van der Waals surface area contributed by atoms with E-state index in [2.05, 4.69) is 4.98 Å². The molecule has 172 valence electrons. The van der Waals surface area contributed by atoms with Gasteiger partial charge in [0.25, 0.3) is 11.6 Å². The molecular formula is C22H21FN4O6. The van der Waals surface area contributed by atoms with Crippen LogP contribution < -0.4 is 0 Å². The van der Waals surface area contributed by atoms with Crippen molar-refractivity contribution in [1.82, 2.24) is 14.8 Å². The van der Waals surface area contributed by atoms with E-state index in [4.69, 9.17) is 0 Å². The lowest BCUT2D eigenvalue weighted by Gasteiger charge is -2.47. The van der Waals surface area contributed by atoms with E-state index >= 15 is 0 Å². The van der Waals surface area contributed by atoms with Gasteiger partial charge in [-0.1, -0.05) is 18.2 Å². The van der Waals surface area contributed by atoms with E-state index in [-0.39, 0.29) is 17.7 Å². The number of rotatable bonds is 5. The molecule has 0 saturated carbocycles. The minimum Gasteiger partial charge on any atom is -0.505 e. The third kappa shape index (κ3) is 3.46. The molecule has 3 N–H and O–H groups in total. The minimum absolute atomic E-state index is 0.0349. The Balaban J connectivity index is 1.67. The summed E-state index contributed by atoms with van der Waals surface area (Å²) >= 11 is 0. The molecule has 2 amide bonds. The number of phenolic OH excluding ortho intramolecular Hbond substituents is 1. The third-order valence-electron chi connectivity index (χ3n) is 6.17. The second-order valence-corrected chi connectivity index (χ2v) is 8.05. The van der Waals surface area contributed by atoms with E-state index in [9.17, 15) is 34.3 Å². The van der Waals surface area contributed by atoms with Crippen molar-refractivity contribution in [3.05, 3.63) is 69.7 Å². The molecule has 1 fully saturated rings. The first-order chi connectivity index (χ1) is 15.6. The highest BCUT2D eigenvalue weighted by Gasteiger charge is 2.53. The summed E-state index contributed by atoms with van der Waals surface area (Å²) in [5, 5.41) is 32.5. The SMILES string of the molecule is CN1C(=O)[C@](O)(Cc2cccc(O)c2F)N(C)C(=O)[C@@H]1Cc1c[nH]c2cccc([N+](=O)[O-])c12. The summed E-state index contributed by atoms with van der Waals surface area (Å²) in [5.41, 5.74) is -1.66. The van der Waals surface area contributed by atoms with Gasteiger partial charge in [-0.3, -0.25) is 19.7 Å². The number of hydrogen-bond donors (Lipinski definition) is 3. The molecule has 11 heteroatoms. The van der Waals surface area contributed by atoms with Crippen molar-refractivity contribution in [1.29, 1.82) is 0 Å². The summed E-state index contributed by atoms with van der Waals surface area (Å²) in [5.74, 6) is -3.09. The van der Waals surface area contributed by atoms with Crippen molar-refractivity contribution >= 4 is 28.4 Å². The largest absolute Gasteiger partial charge is 0.505 e. The number of benzene rings is 2. The first-order valence-corrected chi connectivity index (χ1v) is 10.0. The number of nitrogens with one attached hydrogen (secondary N) is 1. The zero-order chi connectivity index (χ0) is 24.1. The summed E-state index contributed by atoms with van der Waals surface area (Å²) in [4.78, 5) is 42.2. The third-order valence-corrected chi connectivity index (χ3v) is 6.17. The number of aromatic amines is 1. The Morgan fingerprint density at radius 1 is 1.18 bits per heavy atom. The van der Waals surface area contributed by atoms with Gasteiger partial charge >= 0.3 is 0 Å². The molecule has 0 aliphatic carbocycles. The smallest absolute Gasteiger partial charge is 0.279 e. The molecular weight excluding hydrogens is 435 g/mol. The number of likely N-dealkylation sites (N-methyl/N-ethyl adjacent to an activating group) is 2. The Morgan fingerprint density at radius 3 is 2.58 bits per heavy atom. The number of phenols is 1. The number of H-pyrrole nitrogens is 1. The van der Waals surface area contributed by atoms with Crippen LogP contribution in [0, 0.1) is 15.9 Å². The van der Waals surface area contributed by atoms with Crippen LogP contribution in [-0.4, -0.2) is 67.6 Å². The van der Waals surface area contributed by atoms with E-state index in [0.717, 1.165) is 15.9 Å². The fraction of sp³-hybridized carbons (Fsp3) is 0.273. The Hall–Kier alpha value is -3.99. The zero-order valence-electron chi connectivity index (χ0n) is 17.8. The van der Waals surface area contributed by atoms with Gasteiger partial charge in [0.2, 0.25) is 11.6 Å². The molecule has 2 heterocycles. The molecule has 33 heavy (non-hydrogen) atoms. The van der Waals surface area contributed by atoms with E-state index < -0.39 is 46.5 Å². The maximum atomic E-state index is 14.3. The molecule has 0 bridgehead atoms. The summed E-state index contributed by atoms with van der Waals surface area (Å²) in [7, 11) is 2.57. The molecule has 4 rings (SSSR count). The van der Waals surface area contributed by atoms with E-state index in [1.54, 1.807) is 12.3 Å². The van der Waals surface area contributed by atoms with E-state index in [1.165, 1.54) is 38.4 Å². The van der Waals surface area contributed by atoms with Crippen LogP contribution in [0.15, 0.2) is 42.6 Å². The summed E-state index contributed by atoms with van der Waals surface area (Å²) in [6.07, 6.45) is 0.947. The second-order valence-electron chi connectivity index (χ2n) is 8.05. The predicted molar refractivity (Wildman–Crippen MR) is 115 cm³/mol. The topological polar surface area (TPSA) is 140 Å². The average Bonchev–Trinajstić information content (AvgIpc) is 3.20. The number of nitro groups is 1. The summed E-state index contributed by atoms with van der Waals surface area (Å²) < 4.78 is 14.3. The molecule has 0 unspecified atom stereocenters. The van der Waals surface area contributed by atoms with Gasteiger partial charge < -0.3 is 25.0 Å². The quantitative estimate of drug-likeness (QED) is 0.394. The van der Waals surface area contributed by atoms with Crippen LogP contribution in [0.1, 0.15) is 11.1 Å². The number of nitrogens with zero attached hydrogens (tertiary/aromatic N) is 3. The number of carbonyl (C=O) groups is 2. The molecule has 1 aliphatic heterocycles. The van der Waals surface area contributed by atoms with Gasteiger partial charge in [0, 0.05) is 39.2 Å². The number of non-ortho nitro benzene ring substituents is 1. The van der Waals surface area contributed by atoms with Crippen LogP contribution in [0.4, 0.5) is 10.1 Å². The van der Waals surface area contributed by atoms with Gasteiger partial charge in [0.15, 0.2) is 11.6 Å². The number of amides is 2. The number of aromatic nitrogens is 1.